The van der Waals surface area contributed by atoms with E-state index in [1.165, 1.54) is 0 Å². The third kappa shape index (κ3) is 1.22. The van der Waals surface area contributed by atoms with Gasteiger partial charge in [-0.05, 0) is 6.07 Å². The van der Waals surface area contributed by atoms with Gasteiger partial charge >= 0.3 is 0 Å². The summed E-state index contributed by atoms with van der Waals surface area (Å²) in [5.74, 6) is 1.46. The Kier molecular flexibility index (Phi) is 1.65. The first-order valence-electron chi connectivity index (χ1n) is 4.32. The zero-order valence-corrected chi connectivity index (χ0v) is 8.09. The summed E-state index contributed by atoms with van der Waals surface area (Å²) in [5, 5.41) is 10.9. The summed E-state index contributed by atoms with van der Waals surface area (Å²) in [6, 6.07) is 2.00. The fraction of sp³-hybridized carbons (Fsp3) is 0.556. The summed E-state index contributed by atoms with van der Waals surface area (Å²) < 4.78 is 5.41. The van der Waals surface area contributed by atoms with Crippen molar-refractivity contribution in [1.29, 1.82) is 0 Å². The maximum Gasteiger partial charge on any atom is 0.237 e. The summed E-state index contributed by atoms with van der Waals surface area (Å²) in [6.07, 6.45) is 0. The minimum absolute atomic E-state index is 0.0525. The van der Waals surface area contributed by atoms with E-state index in [1.807, 2.05) is 13.1 Å². The minimum Gasteiger partial charge on any atom is -0.475 e. The highest BCUT2D eigenvalue weighted by atomic mass is 16.5. The first kappa shape index (κ1) is 8.29. The fourth-order valence-corrected chi connectivity index (χ4v) is 1.42. The van der Waals surface area contributed by atoms with E-state index in [1.54, 1.807) is 0 Å². The molecule has 0 fully saturated rings. The molecule has 0 unspecified atom stereocenters. The van der Waals surface area contributed by atoms with Crippen LogP contribution in [0, 0.1) is 0 Å². The zero-order valence-electron chi connectivity index (χ0n) is 8.09. The number of rotatable bonds is 1. The molecule has 4 heteroatoms. The quantitative estimate of drug-likeness (QED) is 0.703. The van der Waals surface area contributed by atoms with Crippen molar-refractivity contribution >= 4 is 5.82 Å². The number of fused-ring (bicyclic) bond motifs is 1. The van der Waals surface area contributed by atoms with Gasteiger partial charge in [0.1, 0.15) is 5.82 Å². The maximum absolute atomic E-state index is 5.41. The molecule has 1 aromatic heterocycles. The van der Waals surface area contributed by atoms with Crippen molar-refractivity contribution < 1.29 is 4.74 Å². The van der Waals surface area contributed by atoms with E-state index in [-0.39, 0.29) is 5.41 Å². The topological polar surface area (TPSA) is 47.0 Å². The Balaban J connectivity index is 2.50. The van der Waals surface area contributed by atoms with Gasteiger partial charge in [0.05, 0.1) is 6.61 Å². The first-order chi connectivity index (χ1) is 6.13. The SMILES string of the molecule is CNc1cc2c(nn1)OCC2(C)C. The molecule has 0 saturated heterocycles. The highest BCUT2D eigenvalue weighted by Gasteiger charge is 2.33. The highest BCUT2D eigenvalue weighted by Crippen LogP contribution is 2.36. The molecule has 1 aromatic rings. The van der Waals surface area contributed by atoms with Crippen molar-refractivity contribution in [1.82, 2.24) is 10.2 Å². The highest BCUT2D eigenvalue weighted by molar-refractivity contribution is 5.45. The molecule has 2 rings (SSSR count). The number of nitrogens with one attached hydrogen (secondary N) is 1. The molecular formula is C9H13N3O. The van der Waals surface area contributed by atoms with Gasteiger partial charge in [-0.2, -0.15) is 0 Å². The molecule has 13 heavy (non-hydrogen) atoms. The molecule has 0 spiro atoms. The third-order valence-corrected chi connectivity index (χ3v) is 2.32. The van der Waals surface area contributed by atoms with Gasteiger partial charge in [0.25, 0.3) is 0 Å². The third-order valence-electron chi connectivity index (χ3n) is 2.32. The van der Waals surface area contributed by atoms with Crippen LogP contribution in [0.25, 0.3) is 0 Å². The lowest BCUT2D eigenvalue weighted by atomic mass is 9.88. The van der Waals surface area contributed by atoms with Crippen LogP contribution >= 0.6 is 0 Å². The van der Waals surface area contributed by atoms with Gasteiger partial charge in [0.2, 0.25) is 5.88 Å². The molecule has 0 saturated carbocycles. The first-order valence-corrected chi connectivity index (χ1v) is 4.32. The van der Waals surface area contributed by atoms with Crippen LogP contribution in [0.1, 0.15) is 19.4 Å². The smallest absolute Gasteiger partial charge is 0.237 e. The van der Waals surface area contributed by atoms with Gasteiger partial charge in [-0.15, -0.1) is 10.2 Å². The molecule has 0 aromatic carbocycles. The van der Waals surface area contributed by atoms with Crippen molar-refractivity contribution in [2.24, 2.45) is 0 Å². The van der Waals surface area contributed by atoms with Crippen LogP contribution in [0.4, 0.5) is 5.82 Å². The Labute approximate surface area is 77.3 Å². The average Bonchev–Trinajstić information content (AvgIpc) is 2.42. The summed E-state index contributed by atoms with van der Waals surface area (Å²) in [6.45, 7) is 4.96. The predicted octanol–water partition coefficient (Wildman–Crippen LogP) is 1.19. The maximum atomic E-state index is 5.41. The molecule has 0 amide bonds. The van der Waals surface area contributed by atoms with Gasteiger partial charge in [0, 0.05) is 18.0 Å². The number of hydrogen-bond donors (Lipinski definition) is 1. The Morgan fingerprint density at radius 3 is 2.92 bits per heavy atom. The van der Waals surface area contributed by atoms with E-state index in [4.69, 9.17) is 4.74 Å². The standard InChI is InChI=1S/C9H13N3O/c1-9(2)5-13-8-6(9)4-7(10-3)11-12-8/h4H,5H2,1-3H3,(H,10,11). The molecule has 70 valence electrons. The number of ether oxygens (including phenoxy) is 1. The molecular weight excluding hydrogens is 166 g/mol. The number of aromatic nitrogens is 2. The normalized spacial score (nSPS) is 17.8. The van der Waals surface area contributed by atoms with Crippen LogP contribution in [-0.2, 0) is 5.41 Å². The van der Waals surface area contributed by atoms with Crippen molar-refractivity contribution in [3.63, 3.8) is 0 Å². The number of hydrogen-bond acceptors (Lipinski definition) is 4. The summed E-state index contributed by atoms with van der Waals surface area (Å²) in [7, 11) is 1.83. The fourth-order valence-electron chi connectivity index (χ4n) is 1.42. The summed E-state index contributed by atoms with van der Waals surface area (Å²) >= 11 is 0. The van der Waals surface area contributed by atoms with Crippen molar-refractivity contribution in [2.75, 3.05) is 19.0 Å². The van der Waals surface area contributed by atoms with Gasteiger partial charge in [-0.1, -0.05) is 13.8 Å². The Bertz CT molecular complexity index is 336. The van der Waals surface area contributed by atoms with E-state index in [0.29, 0.717) is 12.5 Å². The van der Waals surface area contributed by atoms with Crippen LogP contribution in [-0.4, -0.2) is 23.9 Å². The summed E-state index contributed by atoms with van der Waals surface area (Å²) in [4.78, 5) is 0. The van der Waals surface area contributed by atoms with Crippen LogP contribution in [0.2, 0.25) is 0 Å². The second-order valence-electron chi connectivity index (χ2n) is 3.87. The molecule has 1 aliphatic heterocycles. The lowest BCUT2D eigenvalue weighted by molar-refractivity contribution is 0.282. The van der Waals surface area contributed by atoms with Gasteiger partial charge < -0.3 is 10.1 Å². The molecule has 0 aliphatic carbocycles. The van der Waals surface area contributed by atoms with Crippen molar-refractivity contribution in [2.45, 2.75) is 19.3 Å². The van der Waals surface area contributed by atoms with E-state index in [2.05, 4.69) is 29.4 Å². The predicted molar refractivity (Wildman–Crippen MR) is 50.1 cm³/mol. The monoisotopic (exact) mass is 179 g/mol. The molecule has 0 bridgehead atoms. The number of nitrogens with zero attached hydrogens (tertiary/aromatic N) is 2. The van der Waals surface area contributed by atoms with E-state index >= 15 is 0 Å². The van der Waals surface area contributed by atoms with Crippen molar-refractivity contribution in [3.05, 3.63) is 11.6 Å². The molecule has 0 atom stereocenters. The van der Waals surface area contributed by atoms with Gasteiger partial charge in [0.15, 0.2) is 0 Å². The Morgan fingerprint density at radius 2 is 2.23 bits per heavy atom. The molecule has 4 nitrogen and oxygen atoms in total. The van der Waals surface area contributed by atoms with E-state index < -0.39 is 0 Å². The molecule has 1 aliphatic rings. The Hall–Kier alpha value is -1.32. The molecule has 0 radical (unpaired) electrons. The van der Waals surface area contributed by atoms with E-state index in [0.717, 1.165) is 11.4 Å². The van der Waals surface area contributed by atoms with E-state index in [9.17, 15) is 0 Å². The van der Waals surface area contributed by atoms with Crippen LogP contribution in [0.3, 0.4) is 0 Å². The van der Waals surface area contributed by atoms with Crippen molar-refractivity contribution in [3.8, 4) is 5.88 Å². The summed E-state index contributed by atoms with van der Waals surface area (Å²) in [5.41, 5.74) is 1.18. The average molecular weight is 179 g/mol. The van der Waals surface area contributed by atoms with Crippen LogP contribution in [0.15, 0.2) is 6.07 Å². The van der Waals surface area contributed by atoms with Crippen LogP contribution in [0.5, 0.6) is 5.88 Å². The minimum atomic E-state index is 0.0525. The lowest BCUT2D eigenvalue weighted by Gasteiger charge is -2.14. The Morgan fingerprint density at radius 1 is 1.46 bits per heavy atom. The van der Waals surface area contributed by atoms with Gasteiger partial charge in [-0.25, -0.2) is 0 Å². The molecule has 2 heterocycles. The number of anilines is 1. The molecule has 1 N–H and O–H groups in total. The zero-order chi connectivity index (χ0) is 9.47. The second kappa shape index (κ2) is 2.58. The lowest BCUT2D eigenvalue weighted by Crippen LogP contribution is -2.18. The van der Waals surface area contributed by atoms with Crippen LogP contribution < -0.4 is 10.1 Å². The largest absolute Gasteiger partial charge is 0.475 e. The second-order valence-corrected chi connectivity index (χ2v) is 3.87. The van der Waals surface area contributed by atoms with Gasteiger partial charge in [-0.3, -0.25) is 0 Å².